The van der Waals surface area contributed by atoms with Gasteiger partial charge in [-0.2, -0.15) is 10.5 Å². The number of ether oxygens (including phenoxy) is 2. The molecule has 1 aliphatic heterocycles. The SMILES string of the molecule is N#CC1(C#N)[C@H](c2ccc3c(c2)OCO3)[C@@H]1S(=O)(=O)c1ccccc1. The van der Waals surface area contributed by atoms with Gasteiger partial charge >= 0.3 is 0 Å². The van der Waals surface area contributed by atoms with Gasteiger partial charge in [0, 0.05) is 5.92 Å². The molecule has 1 aliphatic carbocycles. The third-order valence-electron chi connectivity index (χ3n) is 4.66. The maximum atomic E-state index is 13.0. The van der Waals surface area contributed by atoms with Gasteiger partial charge in [-0.1, -0.05) is 24.3 Å². The average Bonchev–Trinajstić information content (AvgIpc) is 3.12. The van der Waals surface area contributed by atoms with Crippen molar-refractivity contribution in [3.05, 3.63) is 54.1 Å². The van der Waals surface area contributed by atoms with Crippen LogP contribution < -0.4 is 9.47 Å². The largest absolute Gasteiger partial charge is 0.454 e. The molecule has 0 radical (unpaired) electrons. The Balaban J connectivity index is 1.80. The Bertz CT molecular complexity index is 1020. The van der Waals surface area contributed by atoms with Gasteiger partial charge in [-0.25, -0.2) is 8.42 Å². The van der Waals surface area contributed by atoms with Gasteiger partial charge in [0.05, 0.1) is 17.0 Å². The van der Waals surface area contributed by atoms with E-state index in [1.165, 1.54) is 12.1 Å². The van der Waals surface area contributed by atoms with Crippen LogP contribution in [0.15, 0.2) is 53.4 Å². The number of nitrogens with zero attached hydrogens (tertiary/aromatic N) is 2. The highest BCUT2D eigenvalue weighted by molar-refractivity contribution is 7.92. The van der Waals surface area contributed by atoms with E-state index in [4.69, 9.17) is 9.47 Å². The highest BCUT2D eigenvalue weighted by atomic mass is 32.2. The molecule has 25 heavy (non-hydrogen) atoms. The van der Waals surface area contributed by atoms with Gasteiger partial charge in [0.2, 0.25) is 6.79 Å². The summed E-state index contributed by atoms with van der Waals surface area (Å²) < 4.78 is 36.5. The second kappa shape index (κ2) is 5.23. The first-order valence-electron chi connectivity index (χ1n) is 7.55. The lowest BCUT2D eigenvalue weighted by atomic mass is 10.0. The third-order valence-corrected chi connectivity index (χ3v) is 6.91. The Morgan fingerprint density at radius 2 is 1.68 bits per heavy atom. The maximum Gasteiger partial charge on any atom is 0.231 e. The standard InChI is InChI=1S/C18H12N2O4S/c19-9-18(10-20)16(12-6-7-14-15(8-12)24-11-23-14)17(18)25(21,22)13-4-2-1-3-5-13/h1-8,16-17H,11H2/t16-,17+/m1/s1. The van der Waals surface area contributed by atoms with Crippen LogP contribution in [0, 0.1) is 28.1 Å². The molecule has 0 bridgehead atoms. The molecule has 2 aromatic carbocycles. The summed E-state index contributed by atoms with van der Waals surface area (Å²) in [5.74, 6) is 0.318. The quantitative estimate of drug-likeness (QED) is 0.841. The van der Waals surface area contributed by atoms with Crippen LogP contribution in [0.3, 0.4) is 0 Å². The predicted molar refractivity (Wildman–Crippen MR) is 86.4 cm³/mol. The molecule has 1 saturated carbocycles. The Hall–Kier alpha value is -3.03. The zero-order chi connectivity index (χ0) is 17.7. The summed E-state index contributed by atoms with van der Waals surface area (Å²) in [6.45, 7) is 0.0941. The van der Waals surface area contributed by atoms with Crippen molar-refractivity contribution in [3.8, 4) is 23.6 Å². The van der Waals surface area contributed by atoms with Gasteiger partial charge in [-0.3, -0.25) is 0 Å². The van der Waals surface area contributed by atoms with E-state index < -0.39 is 26.4 Å². The van der Waals surface area contributed by atoms with Crippen molar-refractivity contribution in [3.63, 3.8) is 0 Å². The van der Waals surface area contributed by atoms with Gasteiger partial charge in [0.25, 0.3) is 0 Å². The number of hydrogen-bond donors (Lipinski definition) is 0. The Kier molecular flexibility index (Phi) is 3.24. The molecule has 6 nitrogen and oxygen atoms in total. The fraction of sp³-hybridized carbons (Fsp3) is 0.222. The number of rotatable bonds is 3. The molecule has 124 valence electrons. The van der Waals surface area contributed by atoms with E-state index in [2.05, 4.69) is 0 Å². The molecular formula is C18H12N2O4S. The van der Waals surface area contributed by atoms with Crippen molar-refractivity contribution < 1.29 is 17.9 Å². The van der Waals surface area contributed by atoms with Gasteiger partial charge in [-0.05, 0) is 29.8 Å². The molecule has 0 aromatic heterocycles. The normalized spacial score (nSPS) is 22.6. The molecule has 0 unspecified atom stereocenters. The third kappa shape index (κ3) is 2.10. The minimum Gasteiger partial charge on any atom is -0.454 e. The van der Waals surface area contributed by atoms with Crippen LogP contribution in [0.1, 0.15) is 11.5 Å². The summed E-state index contributed by atoms with van der Waals surface area (Å²) in [6.07, 6.45) is 0. The fourth-order valence-corrected chi connectivity index (χ4v) is 5.60. The van der Waals surface area contributed by atoms with Crippen molar-refractivity contribution in [1.29, 1.82) is 10.5 Å². The van der Waals surface area contributed by atoms with Gasteiger partial charge in [0.15, 0.2) is 26.8 Å². The van der Waals surface area contributed by atoms with Crippen molar-refractivity contribution >= 4 is 9.84 Å². The van der Waals surface area contributed by atoms with Gasteiger partial charge in [0.1, 0.15) is 5.25 Å². The lowest BCUT2D eigenvalue weighted by Crippen LogP contribution is -2.14. The lowest BCUT2D eigenvalue weighted by molar-refractivity contribution is 0.174. The van der Waals surface area contributed by atoms with E-state index in [9.17, 15) is 18.9 Å². The van der Waals surface area contributed by atoms with E-state index in [1.54, 1.807) is 36.4 Å². The molecule has 2 aromatic rings. The number of nitriles is 2. The van der Waals surface area contributed by atoms with E-state index in [0.29, 0.717) is 17.1 Å². The number of hydrogen-bond acceptors (Lipinski definition) is 6. The Labute approximate surface area is 144 Å². The number of benzene rings is 2. The molecule has 0 N–H and O–H groups in total. The van der Waals surface area contributed by atoms with Crippen LogP contribution >= 0.6 is 0 Å². The molecule has 7 heteroatoms. The van der Waals surface area contributed by atoms with Crippen LogP contribution in [-0.4, -0.2) is 20.5 Å². The second-order valence-corrected chi connectivity index (χ2v) is 8.03. The molecular weight excluding hydrogens is 340 g/mol. The second-order valence-electron chi connectivity index (χ2n) is 5.96. The van der Waals surface area contributed by atoms with Gasteiger partial charge in [-0.15, -0.1) is 0 Å². The van der Waals surface area contributed by atoms with Crippen molar-refractivity contribution in [2.45, 2.75) is 16.1 Å². The van der Waals surface area contributed by atoms with Crippen molar-refractivity contribution in [2.75, 3.05) is 6.79 Å². The molecule has 2 aliphatic rings. The van der Waals surface area contributed by atoms with Crippen LogP contribution in [0.2, 0.25) is 0 Å². The minimum absolute atomic E-state index is 0.0941. The van der Waals surface area contributed by atoms with E-state index in [1.807, 2.05) is 12.1 Å². The predicted octanol–water partition coefficient (Wildman–Crippen LogP) is 2.39. The van der Waals surface area contributed by atoms with E-state index in [0.717, 1.165) is 0 Å². The van der Waals surface area contributed by atoms with E-state index >= 15 is 0 Å². The summed E-state index contributed by atoms with van der Waals surface area (Å²) >= 11 is 0. The van der Waals surface area contributed by atoms with Crippen LogP contribution in [0.4, 0.5) is 0 Å². The summed E-state index contributed by atoms with van der Waals surface area (Å²) in [5.41, 5.74) is -1.03. The molecule has 2 atom stereocenters. The molecule has 0 spiro atoms. The Morgan fingerprint density at radius 3 is 2.36 bits per heavy atom. The molecule has 1 fully saturated rings. The number of fused-ring (bicyclic) bond motifs is 1. The molecule has 0 saturated heterocycles. The smallest absolute Gasteiger partial charge is 0.231 e. The zero-order valence-electron chi connectivity index (χ0n) is 12.9. The van der Waals surface area contributed by atoms with E-state index in [-0.39, 0.29) is 11.7 Å². The molecule has 1 heterocycles. The first-order valence-corrected chi connectivity index (χ1v) is 9.10. The van der Waals surface area contributed by atoms with Crippen molar-refractivity contribution in [2.24, 2.45) is 5.41 Å². The first-order chi connectivity index (χ1) is 12.0. The molecule has 4 rings (SSSR count). The maximum absolute atomic E-state index is 13.0. The average molecular weight is 352 g/mol. The monoisotopic (exact) mass is 352 g/mol. The fourth-order valence-electron chi connectivity index (χ4n) is 3.37. The zero-order valence-corrected chi connectivity index (χ0v) is 13.7. The lowest BCUT2D eigenvalue weighted by Gasteiger charge is -2.04. The summed E-state index contributed by atoms with van der Waals surface area (Å²) in [6, 6.07) is 16.8. The summed E-state index contributed by atoms with van der Waals surface area (Å²) in [7, 11) is -3.83. The van der Waals surface area contributed by atoms with Crippen LogP contribution in [0.25, 0.3) is 0 Å². The van der Waals surface area contributed by atoms with Crippen LogP contribution in [0.5, 0.6) is 11.5 Å². The van der Waals surface area contributed by atoms with Crippen molar-refractivity contribution in [1.82, 2.24) is 0 Å². The summed E-state index contributed by atoms with van der Waals surface area (Å²) in [5, 5.41) is 18.0. The Morgan fingerprint density at radius 1 is 1.00 bits per heavy atom. The molecule has 0 amide bonds. The first kappa shape index (κ1) is 15.5. The topological polar surface area (TPSA) is 100 Å². The summed E-state index contributed by atoms with van der Waals surface area (Å²) in [4.78, 5) is 0.109. The van der Waals surface area contributed by atoms with Gasteiger partial charge < -0.3 is 9.47 Å². The van der Waals surface area contributed by atoms with Crippen LogP contribution in [-0.2, 0) is 9.84 Å². The minimum atomic E-state index is -3.83. The highest BCUT2D eigenvalue weighted by Gasteiger charge is 2.73. The number of sulfone groups is 1. The highest BCUT2D eigenvalue weighted by Crippen LogP contribution is 2.64.